The maximum absolute atomic E-state index is 15.5. The molecule has 63 heavy (non-hydrogen) atoms. The summed E-state index contributed by atoms with van der Waals surface area (Å²) >= 11 is 0. The number of Topliss-reactive ketones (excluding diaryl/α,β-unsaturated/α-hetero) is 1. The van der Waals surface area contributed by atoms with E-state index in [-0.39, 0.29) is 29.7 Å². The predicted molar refractivity (Wildman–Crippen MR) is 221 cm³/mol. The summed E-state index contributed by atoms with van der Waals surface area (Å²) in [7, 11) is 0. The van der Waals surface area contributed by atoms with Crippen LogP contribution in [0.25, 0.3) is 0 Å². The number of hydrogen-bond acceptors (Lipinski definition) is 15. The number of aliphatic hydroxyl groups excluding tert-OH is 1. The zero-order chi connectivity index (χ0) is 46.4. The van der Waals surface area contributed by atoms with Gasteiger partial charge in [-0.15, -0.1) is 0 Å². The van der Waals surface area contributed by atoms with E-state index in [4.69, 9.17) is 28.4 Å². The molecule has 11 atom stereocenters. The Labute approximate surface area is 365 Å². The number of esters is 5. The summed E-state index contributed by atoms with van der Waals surface area (Å²) in [5.74, 6) is -7.72. The molecule has 0 spiro atoms. The van der Waals surface area contributed by atoms with Crippen molar-refractivity contribution in [2.24, 2.45) is 16.7 Å². The molecule has 3 fully saturated rings. The number of amides is 1. The molecule has 338 valence electrons. The number of allylic oxidation sites excluding steroid dienone is 1. The molecule has 6 rings (SSSR count). The van der Waals surface area contributed by atoms with Gasteiger partial charge in [0.15, 0.2) is 17.5 Å². The molecular weight excluding hydrogens is 819 g/mol. The summed E-state index contributed by atoms with van der Waals surface area (Å²) < 4.78 is 36.1. The SMILES string of the molecule is C/C=C(\C)C(=O)N[C@@H](c1ccccc1)[C@@H](OC(C)=O)C(=O)O[C@H]1C[C@@]2(O)[C@@H](OC(=O)c3ccccc3)[C@H]3[C@](C)(C(=O)[C@H](OC(C)=O)C(=C1C)C2(C)C)[C@H](O)CC1OC[C@]13OC(C)=O. The van der Waals surface area contributed by atoms with Crippen LogP contribution in [0.2, 0.25) is 0 Å². The lowest BCUT2D eigenvalue weighted by Gasteiger charge is -2.67. The van der Waals surface area contributed by atoms with Crippen LogP contribution in [0.1, 0.15) is 97.1 Å². The van der Waals surface area contributed by atoms with E-state index in [0.29, 0.717) is 11.1 Å². The van der Waals surface area contributed by atoms with Crippen molar-refractivity contribution in [1.82, 2.24) is 5.32 Å². The third kappa shape index (κ3) is 8.08. The van der Waals surface area contributed by atoms with Gasteiger partial charge in [-0.2, -0.15) is 0 Å². The molecule has 1 aliphatic heterocycles. The van der Waals surface area contributed by atoms with E-state index in [9.17, 15) is 39.0 Å². The van der Waals surface area contributed by atoms with Crippen LogP contribution in [0.3, 0.4) is 0 Å². The fourth-order valence-corrected chi connectivity index (χ4v) is 10.0. The monoisotopic (exact) mass is 873 g/mol. The van der Waals surface area contributed by atoms with Gasteiger partial charge in [-0.25, -0.2) is 9.59 Å². The molecule has 0 aromatic heterocycles. The third-order valence-electron chi connectivity index (χ3n) is 13.5. The topological polar surface area (TPSA) is 227 Å². The third-order valence-corrected chi connectivity index (χ3v) is 13.5. The van der Waals surface area contributed by atoms with E-state index in [1.807, 2.05) is 0 Å². The van der Waals surface area contributed by atoms with Gasteiger partial charge in [0.1, 0.15) is 30.0 Å². The first-order valence-electron chi connectivity index (χ1n) is 20.8. The number of aliphatic hydroxyl groups is 2. The lowest BCUT2D eigenvalue weighted by molar-refractivity contribution is -0.346. The summed E-state index contributed by atoms with van der Waals surface area (Å²) in [4.78, 5) is 96.7. The molecule has 0 radical (unpaired) electrons. The second kappa shape index (κ2) is 17.5. The molecule has 1 unspecified atom stereocenters. The molecule has 2 aromatic carbocycles. The summed E-state index contributed by atoms with van der Waals surface area (Å²) in [6.45, 7) is 12.2. The first kappa shape index (κ1) is 46.8. The van der Waals surface area contributed by atoms with Crippen molar-refractivity contribution >= 4 is 41.5 Å². The molecule has 3 N–H and O–H groups in total. The van der Waals surface area contributed by atoms with Gasteiger partial charge in [0, 0.05) is 44.6 Å². The van der Waals surface area contributed by atoms with Crippen LogP contribution in [0, 0.1) is 16.7 Å². The number of rotatable bonds is 11. The predicted octanol–water partition coefficient (Wildman–Crippen LogP) is 3.96. The molecule has 16 heteroatoms. The van der Waals surface area contributed by atoms with E-state index in [2.05, 4.69) is 5.32 Å². The smallest absolute Gasteiger partial charge is 0.350 e. The van der Waals surface area contributed by atoms with Gasteiger partial charge >= 0.3 is 29.8 Å². The lowest BCUT2D eigenvalue weighted by atomic mass is 9.44. The van der Waals surface area contributed by atoms with Gasteiger partial charge in [0.2, 0.25) is 12.0 Å². The Balaban J connectivity index is 1.59. The second-order valence-electron chi connectivity index (χ2n) is 17.5. The molecule has 1 amide bonds. The Hall–Kier alpha value is -5.71. The van der Waals surface area contributed by atoms with Crippen LogP contribution in [0.5, 0.6) is 0 Å². The molecule has 1 heterocycles. The van der Waals surface area contributed by atoms with Crippen LogP contribution in [-0.4, -0.2) is 106 Å². The number of carbonyl (C=O) groups excluding carboxylic acids is 7. The number of nitrogens with one attached hydrogen (secondary N) is 1. The van der Waals surface area contributed by atoms with Gasteiger partial charge in [0.05, 0.1) is 29.6 Å². The van der Waals surface area contributed by atoms with Gasteiger partial charge in [-0.05, 0) is 56.5 Å². The molecule has 1 saturated heterocycles. The lowest BCUT2D eigenvalue weighted by Crippen LogP contribution is -2.82. The molecule has 2 saturated carbocycles. The fourth-order valence-electron chi connectivity index (χ4n) is 10.0. The van der Waals surface area contributed by atoms with Crippen molar-refractivity contribution in [2.75, 3.05) is 6.61 Å². The quantitative estimate of drug-likeness (QED) is 0.126. The molecule has 2 bridgehead atoms. The van der Waals surface area contributed by atoms with E-state index >= 15 is 4.79 Å². The van der Waals surface area contributed by atoms with Gasteiger partial charge in [0.25, 0.3) is 0 Å². The summed E-state index contributed by atoms with van der Waals surface area (Å²) in [6, 6.07) is 14.8. The largest absolute Gasteiger partial charge is 0.455 e. The van der Waals surface area contributed by atoms with Gasteiger partial charge in [-0.3, -0.25) is 24.0 Å². The van der Waals surface area contributed by atoms with E-state index in [0.717, 1.165) is 20.8 Å². The molecular formula is C47H55NO15. The maximum Gasteiger partial charge on any atom is 0.350 e. The highest BCUT2D eigenvalue weighted by Gasteiger charge is 2.78. The van der Waals surface area contributed by atoms with Crippen LogP contribution in [0.4, 0.5) is 0 Å². The summed E-state index contributed by atoms with van der Waals surface area (Å²) in [6.07, 6.45) is -8.87. The van der Waals surface area contributed by atoms with Crippen LogP contribution in [0.15, 0.2) is 83.5 Å². The van der Waals surface area contributed by atoms with Gasteiger partial charge < -0.3 is 44.0 Å². The number of hydrogen-bond donors (Lipinski definition) is 3. The molecule has 2 aromatic rings. The van der Waals surface area contributed by atoms with Gasteiger partial charge in [-0.1, -0.05) is 68.5 Å². The number of ketones is 1. The van der Waals surface area contributed by atoms with Crippen molar-refractivity contribution < 1.29 is 72.2 Å². The first-order chi connectivity index (χ1) is 29.5. The minimum atomic E-state index is -2.42. The van der Waals surface area contributed by atoms with Crippen LogP contribution < -0.4 is 5.32 Å². The van der Waals surface area contributed by atoms with Crippen LogP contribution in [-0.2, 0) is 57.2 Å². The van der Waals surface area contributed by atoms with E-state index in [1.165, 1.54) is 26.0 Å². The maximum atomic E-state index is 15.5. The molecule has 16 nitrogen and oxygen atoms in total. The number of fused-ring (bicyclic) bond motifs is 5. The Bertz CT molecular complexity index is 2240. The van der Waals surface area contributed by atoms with Crippen molar-refractivity contribution in [3.8, 4) is 0 Å². The summed E-state index contributed by atoms with van der Waals surface area (Å²) in [5, 5.41) is 28.6. The fraction of sp³-hybridized carbons (Fsp3) is 0.511. The minimum absolute atomic E-state index is 0.0175. The van der Waals surface area contributed by atoms with Crippen LogP contribution >= 0.6 is 0 Å². The standard InChI is InChI=1S/C47H55NO15/c1-10-24(2)41(54)48-35(29-17-13-11-14-18-29)37(60-27(5)50)43(56)61-31-22-47(57)40(62-42(55)30-19-15-12-16-20-30)38-45(9,32(52)21-33-46(38,23-58-33)63-28(6)51)39(53)36(59-26(4)49)34(25(31)3)44(47,7)8/h10-20,31-33,35-38,40,52,57H,21-23H2,1-9H3,(H,48,54)/b24-10+/t31-,32+,33?,35-,36+,37+,38-,40-,45+,46-,47+/m0/s1. The van der Waals surface area contributed by atoms with Crippen molar-refractivity contribution in [1.29, 1.82) is 0 Å². The normalized spacial score (nSPS) is 31.8. The first-order valence-corrected chi connectivity index (χ1v) is 20.8. The Morgan fingerprint density at radius 1 is 0.873 bits per heavy atom. The number of benzene rings is 2. The molecule has 3 aliphatic carbocycles. The average Bonchev–Trinajstić information content (AvgIpc) is 3.22. The van der Waals surface area contributed by atoms with Crippen molar-refractivity contribution in [2.45, 2.75) is 129 Å². The zero-order valence-electron chi connectivity index (χ0n) is 36.8. The Kier molecular flexibility index (Phi) is 13.0. The minimum Gasteiger partial charge on any atom is -0.455 e. The number of carbonyl (C=O) groups is 7. The highest BCUT2D eigenvalue weighted by Crippen LogP contribution is 2.64. The van der Waals surface area contributed by atoms with E-state index < -0.39 is 119 Å². The second-order valence-corrected chi connectivity index (χ2v) is 17.5. The van der Waals surface area contributed by atoms with Crippen molar-refractivity contribution in [3.05, 3.63) is 94.6 Å². The van der Waals surface area contributed by atoms with Crippen molar-refractivity contribution in [3.63, 3.8) is 0 Å². The summed E-state index contributed by atoms with van der Waals surface area (Å²) in [5.41, 5.74) is -7.09. The average molecular weight is 874 g/mol. The number of ether oxygens (including phenoxy) is 6. The highest BCUT2D eigenvalue weighted by atomic mass is 16.6. The Morgan fingerprint density at radius 3 is 2.03 bits per heavy atom. The van der Waals surface area contributed by atoms with E-state index in [1.54, 1.807) is 82.3 Å². The highest BCUT2D eigenvalue weighted by molar-refractivity contribution is 5.96. The Morgan fingerprint density at radius 2 is 1.49 bits per heavy atom. The zero-order valence-corrected chi connectivity index (χ0v) is 36.8. The molecule has 4 aliphatic rings.